The highest BCUT2D eigenvalue weighted by molar-refractivity contribution is 8.00. The molecule has 1 aromatic rings. The van der Waals surface area contributed by atoms with Crippen molar-refractivity contribution in [1.82, 2.24) is 10.3 Å². The van der Waals surface area contributed by atoms with E-state index >= 15 is 0 Å². The van der Waals surface area contributed by atoms with E-state index < -0.39 is 0 Å². The van der Waals surface area contributed by atoms with Crippen molar-refractivity contribution in [1.29, 1.82) is 0 Å². The Bertz CT molecular complexity index is 421. The van der Waals surface area contributed by atoms with Crippen LogP contribution in [-0.4, -0.2) is 35.0 Å². The molecule has 1 amide bonds. The lowest BCUT2D eigenvalue weighted by atomic mass is 10.0. The first-order chi connectivity index (χ1) is 10.1. The summed E-state index contributed by atoms with van der Waals surface area (Å²) in [4.78, 5) is 16.4. The van der Waals surface area contributed by atoms with Gasteiger partial charge in [-0.25, -0.2) is 4.98 Å². The number of carbonyl (C=O) groups is 1. The van der Waals surface area contributed by atoms with E-state index in [4.69, 9.17) is 0 Å². The monoisotopic (exact) mass is 309 g/mol. The number of amides is 1. The van der Waals surface area contributed by atoms with Crippen LogP contribution in [0.2, 0.25) is 0 Å². The summed E-state index contributed by atoms with van der Waals surface area (Å²) in [5.74, 6) is 0.763. The third-order valence-electron chi connectivity index (χ3n) is 3.87. The standard InChI is InChI=1S/C16H27N3OS/c1-5-10-17-14-9-8-13(11-18-14)15(20)19-12-16(6-2,7-3)21-4/h8-9,11H,5-7,10,12H2,1-4H3,(H,17,18)(H,19,20). The number of carbonyl (C=O) groups excluding carboxylic acids is 1. The van der Waals surface area contributed by atoms with Gasteiger partial charge in [-0.3, -0.25) is 4.79 Å². The molecule has 0 aromatic carbocycles. The minimum Gasteiger partial charge on any atom is -0.370 e. The molecular weight excluding hydrogens is 282 g/mol. The van der Waals surface area contributed by atoms with E-state index in [1.54, 1.807) is 6.20 Å². The van der Waals surface area contributed by atoms with E-state index in [0.29, 0.717) is 12.1 Å². The van der Waals surface area contributed by atoms with Gasteiger partial charge >= 0.3 is 0 Å². The zero-order valence-electron chi connectivity index (χ0n) is 13.5. The number of hydrogen-bond acceptors (Lipinski definition) is 4. The molecule has 2 N–H and O–H groups in total. The van der Waals surface area contributed by atoms with Crippen LogP contribution in [0.4, 0.5) is 5.82 Å². The Morgan fingerprint density at radius 1 is 1.29 bits per heavy atom. The second-order valence-corrected chi connectivity index (χ2v) is 6.41. The van der Waals surface area contributed by atoms with Gasteiger partial charge in [0.1, 0.15) is 5.82 Å². The molecule has 0 aliphatic heterocycles. The summed E-state index contributed by atoms with van der Waals surface area (Å²) in [6, 6.07) is 3.67. The van der Waals surface area contributed by atoms with Gasteiger partial charge in [0.05, 0.1) is 5.56 Å². The Morgan fingerprint density at radius 3 is 2.48 bits per heavy atom. The summed E-state index contributed by atoms with van der Waals surface area (Å²) in [6.07, 6.45) is 6.88. The molecule has 1 heterocycles. The Balaban J connectivity index is 2.59. The first-order valence-electron chi connectivity index (χ1n) is 7.64. The number of anilines is 1. The van der Waals surface area contributed by atoms with Crippen LogP contribution in [0.3, 0.4) is 0 Å². The van der Waals surface area contributed by atoms with Crippen LogP contribution in [-0.2, 0) is 0 Å². The Labute approximate surface area is 132 Å². The normalized spacial score (nSPS) is 11.2. The van der Waals surface area contributed by atoms with Crippen molar-refractivity contribution in [2.45, 2.75) is 44.8 Å². The minimum absolute atomic E-state index is 0.0510. The molecule has 0 radical (unpaired) electrons. The number of rotatable bonds is 9. The van der Waals surface area contributed by atoms with Gasteiger partial charge in [0.2, 0.25) is 0 Å². The lowest BCUT2D eigenvalue weighted by molar-refractivity contribution is 0.0948. The highest BCUT2D eigenvalue weighted by atomic mass is 32.2. The van der Waals surface area contributed by atoms with Crippen LogP contribution in [0, 0.1) is 0 Å². The van der Waals surface area contributed by atoms with Gasteiger partial charge in [0.25, 0.3) is 5.91 Å². The van der Waals surface area contributed by atoms with Gasteiger partial charge in [-0.2, -0.15) is 11.8 Å². The van der Waals surface area contributed by atoms with Crippen LogP contribution in [0.1, 0.15) is 50.4 Å². The average Bonchev–Trinajstić information content (AvgIpc) is 2.55. The fourth-order valence-corrected chi connectivity index (χ4v) is 2.88. The molecule has 0 saturated heterocycles. The molecule has 0 fully saturated rings. The van der Waals surface area contributed by atoms with Gasteiger partial charge in [-0.1, -0.05) is 20.8 Å². The van der Waals surface area contributed by atoms with Crippen molar-refractivity contribution in [2.24, 2.45) is 0 Å². The number of thioether (sulfide) groups is 1. The first kappa shape index (κ1) is 17.8. The lowest BCUT2D eigenvalue weighted by Crippen LogP contribution is -2.39. The predicted octanol–water partition coefficient (Wildman–Crippen LogP) is 3.56. The molecule has 118 valence electrons. The van der Waals surface area contributed by atoms with Crippen molar-refractivity contribution in [3.05, 3.63) is 23.9 Å². The van der Waals surface area contributed by atoms with Gasteiger partial charge in [0.15, 0.2) is 0 Å². The zero-order valence-corrected chi connectivity index (χ0v) is 14.3. The Kier molecular flexibility index (Phi) is 7.57. The molecule has 0 atom stereocenters. The van der Waals surface area contributed by atoms with E-state index in [9.17, 15) is 4.79 Å². The molecule has 0 spiro atoms. The fourth-order valence-electron chi connectivity index (χ4n) is 2.09. The highest BCUT2D eigenvalue weighted by Gasteiger charge is 2.25. The van der Waals surface area contributed by atoms with Crippen molar-refractivity contribution in [3.8, 4) is 0 Å². The van der Waals surface area contributed by atoms with Crippen molar-refractivity contribution in [3.63, 3.8) is 0 Å². The van der Waals surface area contributed by atoms with E-state index in [-0.39, 0.29) is 10.7 Å². The first-order valence-corrected chi connectivity index (χ1v) is 8.86. The van der Waals surface area contributed by atoms with E-state index in [1.165, 1.54) is 0 Å². The Morgan fingerprint density at radius 2 is 2.00 bits per heavy atom. The van der Waals surface area contributed by atoms with Gasteiger partial charge in [-0.05, 0) is 37.7 Å². The molecule has 1 aromatic heterocycles. The molecule has 0 unspecified atom stereocenters. The van der Waals surface area contributed by atoms with Crippen LogP contribution < -0.4 is 10.6 Å². The summed E-state index contributed by atoms with van der Waals surface area (Å²) >= 11 is 1.83. The smallest absolute Gasteiger partial charge is 0.252 e. The molecular formula is C16H27N3OS. The quantitative estimate of drug-likeness (QED) is 0.732. The molecule has 0 saturated carbocycles. The lowest BCUT2D eigenvalue weighted by Gasteiger charge is -2.29. The molecule has 5 heteroatoms. The van der Waals surface area contributed by atoms with Crippen molar-refractivity contribution in [2.75, 3.05) is 24.7 Å². The topological polar surface area (TPSA) is 54.0 Å². The largest absolute Gasteiger partial charge is 0.370 e. The highest BCUT2D eigenvalue weighted by Crippen LogP contribution is 2.29. The average molecular weight is 309 g/mol. The van der Waals surface area contributed by atoms with Crippen molar-refractivity contribution < 1.29 is 4.79 Å². The van der Waals surface area contributed by atoms with E-state index in [0.717, 1.165) is 31.6 Å². The third kappa shape index (κ3) is 5.23. The zero-order chi connectivity index (χ0) is 15.7. The van der Waals surface area contributed by atoms with Gasteiger partial charge in [0, 0.05) is 24.0 Å². The van der Waals surface area contributed by atoms with Gasteiger partial charge in [-0.15, -0.1) is 0 Å². The molecule has 0 aliphatic rings. The molecule has 21 heavy (non-hydrogen) atoms. The fraction of sp³-hybridized carbons (Fsp3) is 0.625. The summed E-state index contributed by atoms with van der Waals surface area (Å²) < 4.78 is 0.131. The van der Waals surface area contributed by atoms with E-state index in [2.05, 4.69) is 42.6 Å². The SMILES string of the molecule is CCCNc1ccc(C(=O)NCC(CC)(CC)SC)cn1. The number of pyridine rings is 1. The van der Waals surface area contributed by atoms with Crippen LogP contribution in [0.25, 0.3) is 0 Å². The second kappa shape index (κ2) is 8.93. The van der Waals surface area contributed by atoms with Crippen LogP contribution in [0.15, 0.2) is 18.3 Å². The molecule has 0 bridgehead atoms. The number of hydrogen-bond donors (Lipinski definition) is 2. The number of nitrogens with one attached hydrogen (secondary N) is 2. The maximum atomic E-state index is 12.2. The predicted molar refractivity (Wildman–Crippen MR) is 92.2 cm³/mol. The minimum atomic E-state index is -0.0510. The molecule has 4 nitrogen and oxygen atoms in total. The summed E-state index contributed by atoms with van der Waals surface area (Å²) in [5.41, 5.74) is 0.610. The van der Waals surface area contributed by atoms with Crippen LogP contribution in [0.5, 0.6) is 0 Å². The summed E-state index contributed by atoms with van der Waals surface area (Å²) in [6.45, 7) is 8.02. The van der Waals surface area contributed by atoms with Crippen LogP contribution >= 0.6 is 11.8 Å². The Hall–Kier alpha value is -1.23. The molecule has 1 rings (SSSR count). The summed E-state index contributed by atoms with van der Waals surface area (Å²) in [5, 5.41) is 6.23. The third-order valence-corrected chi connectivity index (χ3v) is 5.46. The number of aromatic nitrogens is 1. The van der Waals surface area contributed by atoms with Gasteiger partial charge < -0.3 is 10.6 Å². The maximum Gasteiger partial charge on any atom is 0.252 e. The number of nitrogens with zero attached hydrogens (tertiary/aromatic N) is 1. The molecule has 0 aliphatic carbocycles. The van der Waals surface area contributed by atoms with E-state index in [1.807, 2.05) is 23.9 Å². The summed E-state index contributed by atoms with van der Waals surface area (Å²) in [7, 11) is 0. The maximum absolute atomic E-state index is 12.2. The second-order valence-electron chi connectivity index (χ2n) is 5.14. The van der Waals surface area contributed by atoms with Crippen molar-refractivity contribution >= 4 is 23.5 Å².